The Balaban J connectivity index is 1.34. The summed E-state index contributed by atoms with van der Waals surface area (Å²) in [7, 11) is 1.54. The predicted octanol–water partition coefficient (Wildman–Crippen LogP) is 7.22. The molecule has 4 aromatic rings. The van der Waals surface area contributed by atoms with Gasteiger partial charge in [-0.15, -0.1) is 0 Å². The van der Waals surface area contributed by atoms with Crippen molar-refractivity contribution >= 4 is 35.1 Å². The monoisotopic (exact) mass is 500 g/mol. The standard InChI is InChI=1S/C29H25ClN2O4/c1-20-8-10-23(17-26(20)30)32-29(33)19-35-27-15-9-21(16-28(27)34-2)18-31-22-11-13-25(14-12-22)36-24-6-4-3-5-7-24/h3-18H,19H2,1-2H3,(H,32,33). The molecule has 0 spiro atoms. The highest BCUT2D eigenvalue weighted by Gasteiger charge is 2.09. The Bertz CT molecular complexity index is 1360. The number of hydrogen-bond donors (Lipinski definition) is 1. The molecule has 0 saturated carbocycles. The van der Waals surface area contributed by atoms with Gasteiger partial charge in [-0.2, -0.15) is 0 Å². The van der Waals surface area contributed by atoms with Crippen LogP contribution in [0.4, 0.5) is 11.4 Å². The second-order valence-corrected chi connectivity index (χ2v) is 8.29. The molecule has 0 aliphatic heterocycles. The molecule has 0 aromatic heterocycles. The lowest BCUT2D eigenvalue weighted by atomic mass is 10.2. The van der Waals surface area contributed by atoms with Crippen molar-refractivity contribution in [3.8, 4) is 23.0 Å². The minimum absolute atomic E-state index is 0.174. The van der Waals surface area contributed by atoms with Crippen molar-refractivity contribution in [1.82, 2.24) is 0 Å². The van der Waals surface area contributed by atoms with Crippen LogP contribution < -0.4 is 19.5 Å². The minimum Gasteiger partial charge on any atom is -0.493 e. The van der Waals surface area contributed by atoms with Crippen LogP contribution in [0.2, 0.25) is 5.02 Å². The van der Waals surface area contributed by atoms with E-state index in [-0.39, 0.29) is 12.5 Å². The minimum atomic E-state index is -0.303. The van der Waals surface area contributed by atoms with Crippen LogP contribution in [0.15, 0.2) is 96.0 Å². The maximum atomic E-state index is 12.3. The molecule has 0 atom stereocenters. The number of nitrogens with zero attached hydrogens (tertiary/aromatic N) is 1. The van der Waals surface area contributed by atoms with Gasteiger partial charge in [-0.25, -0.2) is 0 Å². The quantitative estimate of drug-likeness (QED) is 0.246. The molecule has 0 fully saturated rings. The van der Waals surface area contributed by atoms with Crippen LogP contribution in [0.1, 0.15) is 11.1 Å². The number of aliphatic imine (C=N–C) groups is 1. The van der Waals surface area contributed by atoms with E-state index >= 15 is 0 Å². The summed E-state index contributed by atoms with van der Waals surface area (Å²) in [5.41, 5.74) is 3.15. The zero-order valence-electron chi connectivity index (χ0n) is 19.9. The molecule has 1 amide bonds. The molecular formula is C29H25ClN2O4. The van der Waals surface area contributed by atoms with Gasteiger partial charge in [0.15, 0.2) is 18.1 Å². The molecule has 0 radical (unpaired) electrons. The highest BCUT2D eigenvalue weighted by Crippen LogP contribution is 2.28. The van der Waals surface area contributed by atoms with Crippen LogP contribution in [0.5, 0.6) is 23.0 Å². The van der Waals surface area contributed by atoms with Gasteiger partial charge < -0.3 is 19.5 Å². The van der Waals surface area contributed by atoms with E-state index in [2.05, 4.69) is 10.3 Å². The van der Waals surface area contributed by atoms with Crippen LogP contribution in [-0.4, -0.2) is 25.8 Å². The summed E-state index contributed by atoms with van der Waals surface area (Å²) in [5.74, 6) is 2.16. The van der Waals surface area contributed by atoms with E-state index in [1.165, 1.54) is 0 Å². The summed E-state index contributed by atoms with van der Waals surface area (Å²) in [6, 6.07) is 27.8. The van der Waals surface area contributed by atoms with Crippen molar-refractivity contribution in [1.29, 1.82) is 0 Å². The topological polar surface area (TPSA) is 69.1 Å². The van der Waals surface area contributed by atoms with Gasteiger partial charge in [0.05, 0.1) is 12.8 Å². The average molecular weight is 501 g/mol. The molecule has 0 aliphatic carbocycles. The number of carbonyl (C=O) groups excluding carboxylic acids is 1. The fraction of sp³-hybridized carbons (Fsp3) is 0.103. The van der Waals surface area contributed by atoms with Gasteiger partial charge in [0.1, 0.15) is 11.5 Å². The zero-order chi connectivity index (χ0) is 25.3. The number of amides is 1. The lowest BCUT2D eigenvalue weighted by molar-refractivity contribution is -0.118. The summed E-state index contributed by atoms with van der Waals surface area (Å²) in [5, 5.41) is 3.35. The molecule has 7 heteroatoms. The summed E-state index contributed by atoms with van der Waals surface area (Å²) in [4.78, 5) is 16.8. The second kappa shape index (κ2) is 11.9. The van der Waals surface area contributed by atoms with E-state index in [4.69, 9.17) is 25.8 Å². The summed E-state index contributed by atoms with van der Waals surface area (Å²) in [6.45, 7) is 1.72. The maximum Gasteiger partial charge on any atom is 0.262 e. The van der Waals surface area contributed by atoms with E-state index in [0.717, 1.165) is 28.3 Å². The summed E-state index contributed by atoms with van der Waals surface area (Å²) < 4.78 is 16.9. The lowest BCUT2D eigenvalue weighted by Gasteiger charge is -2.12. The van der Waals surface area contributed by atoms with Crippen molar-refractivity contribution in [2.24, 2.45) is 4.99 Å². The molecule has 4 aromatic carbocycles. The first-order valence-corrected chi connectivity index (χ1v) is 11.6. The van der Waals surface area contributed by atoms with E-state index in [1.807, 2.05) is 73.7 Å². The van der Waals surface area contributed by atoms with Gasteiger partial charge >= 0.3 is 0 Å². The highest BCUT2D eigenvalue weighted by atomic mass is 35.5. The first-order valence-electron chi connectivity index (χ1n) is 11.2. The third-order valence-electron chi connectivity index (χ3n) is 5.18. The fourth-order valence-corrected chi connectivity index (χ4v) is 3.45. The number of hydrogen-bond acceptors (Lipinski definition) is 5. The molecule has 1 N–H and O–H groups in total. The third-order valence-corrected chi connectivity index (χ3v) is 5.59. The zero-order valence-corrected chi connectivity index (χ0v) is 20.7. The van der Waals surface area contributed by atoms with Crippen molar-refractivity contribution in [2.45, 2.75) is 6.92 Å². The van der Waals surface area contributed by atoms with Gasteiger partial charge in [-0.3, -0.25) is 9.79 Å². The first kappa shape index (κ1) is 24.8. The van der Waals surface area contributed by atoms with Gasteiger partial charge in [0.25, 0.3) is 5.91 Å². The number of para-hydroxylation sites is 1. The van der Waals surface area contributed by atoms with Crippen LogP contribution in [0, 0.1) is 6.92 Å². The number of nitrogens with one attached hydrogen (secondary N) is 1. The molecule has 4 rings (SSSR count). The fourth-order valence-electron chi connectivity index (χ4n) is 3.27. The van der Waals surface area contributed by atoms with Crippen LogP contribution in [0.3, 0.4) is 0 Å². The molecule has 182 valence electrons. The van der Waals surface area contributed by atoms with Crippen LogP contribution >= 0.6 is 11.6 Å². The SMILES string of the molecule is COc1cc(C=Nc2ccc(Oc3ccccc3)cc2)ccc1OCC(=O)Nc1ccc(C)c(Cl)c1. The Morgan fingerprint density at radius 2 is 1.67 bits per heavy atom. The predicted molar refractivity (Wildman–Crippen MR) is 144 cm³/mol. The van der Waals surface area contributed by atoms with Crippen molar-refractivity contribution in [3.63, 3.8) is 0 Å². The van der Waals surface area contributed by atoms with E-state index in [9.17, 15) is 4.79 Å². The molecule has 0 bridgehead atoms. The largest absolute Gasteiger partial charge is 0.493 e. The van der Waals surface area contributed by atoms with E-state index in [0.29, 0.717) is 22.2 Å². The molecule has 0 heterocycles. The van der Waals surface area contributed by atoms with Gasteiger partial charge in [-0.05, 0) is 84.8 Å². The Morgan fingerprint density at radius 1 is 0.917 bits per heavy atom. The Labute approximate surface area is 215 Å². The smallest absolute Gasteiger partial charge is 0.262 e. The molecule has 0 aliphatic rings. The number of aryl methyl sites for hydroxylation is 1. The molecule has 6 nitrogen and oxygen atoms in total. The van der Waals surface area contributed by atoms with Crippen LogP contribution in [0.25, 0.3) is 0 Å². The number of anilines is 1. The number of halogens is 1. The Kier molecular flexibility index (Phi) is 8.21. The number of methoxy groups -OCH3 is 1. The molecule has 0 unspecified atom stereocenters. The average Bonchev–Trinajstić information content (AvgIpc) is 2.90. The van der Waals surface area contributed by atoms with Gasteiger partial charge in [0.2, 0.25) is 0 Å². The van der Waals surface area contributed by atoms with Gasteiger partial charge in [0, 0.05) is 16.9 Å². The normalized spacial score (nSPS) is 10.8. The number of ether oxygens (including phenoxy) is 3. The Hall–Kier alpha value is -4.29. The summed E-state index contributed by atoms with van der Waals surface area (Å²) >= 11 is 6.11. The number of benzene rings is 4. The second-order valence-electron chi connectivity index (χ2n) is 7.88. The van der Waals surface area contributed by atoms with Gasteiger partial charge in [-0.1, -0.05) is 35.9 Å². The van der Waals surface area contributed by atoms with Crippen molar-refractivity contribution in [3.05, 3.63) is 107 Å². The molecule has 36 heavy (non-hydrogen) atoms. The highest BCUT2D eigenvalue weighted by molar-refractivity contribution is 6.31. The summed E-state index contributed by atoms with van der Waals surface area (Å²) in [6.07, 6.45) is 1.73. The molecular weight excluding hydrogens is 476 g/mol. The first-order chi connectivity index (χ1) is 17.5. The van der Waals surface area contributed by atoms with E-state index in [1.54, 1.807) is 37.6 Å². The number of carbonyl (C=O) groups is 1. The van der Waals surface area contributed by atoms with Crippen molar-refractivity contribution in [2.75, 3.05) is 19.0 Å². The van der Waals surface area contributed by atoms with Crippen molar-refractivity contribution < 1.29 is 19.0 Å². The van der Waals surface area contributed by atoms with Crippen LogP contribution in [-0.2, 0) is 4.79 Å². The lowest BCUT2D eigenvalue weighted by Crippen LogP contribution is -2.20. The Morgan fingerprint density at radius 3 is 2.39 bits per heavy atom. The maximum absolute atomic E-state index is 12.3. The third kappa shape index (κ3) is 6.87. The molecule has 0 saturated heterocycles. The van der Waals surface area contributed by atoms with E-state index < -0.39 is 0 Å². The number of rotatable bonds is 9.